The van der Waals surface area contributed by atoms with Gasteiger partial charge in [-0.25, -0.2) is 0 Å². The second-order valence-electron chi connectivity index (χ2n) is 3.41. The number of benzene rings is 2. The fourth-order valence-electron chi connectivity index (χ4n) is 1.62. The summed E-state index contributed by atoms with van der Waals surface area (Å²) in [7, 11) is 0. The maximum Gasteiger partial charge on any atom is 0.0998 e. The molecule has 2 rings (SSSR count). The van der Waals surface area contributed by atoms with Crippen molar-refractivity contribution in [2.75, 3.05) is 11.5 Å². The van der Waals surface area contributed by atoms with Crippen LogP contribution in [0.3, 0.4) is 0 Å². The first-order chi connectivity index (χ1) is 7.67. The Labute approximate surface area is 92.3 Å². The highest BCUT2D eigenvalue weighted by atomic mass is 14.7. The molecular formula is C12H8N4. The molecule has 0 saturated carbocycles. The van der Waals surface area contributed by atoms with Gasteiger partial charge < -0.3 is 11.5 Å². The van der Waals surface area contributed by atoms with Crippen LogP contribution >= 0.6 is 0 Å². The Bertz CT molecular complexity index is 601. The average molecular weight is 208 g/mol. The van der Waals surface area contributed by atoms with Crippen molar-refractivity contribution in [2.24, 2.45) is 0 Å². The van der Waals surface area contributed by atoms with Crippen LogP contribution in [-0.2, 0) is 0 Å². The fourth-order valence-corrected chi connectivity index (χ4v) is 1.62. The first kappa shape index (κ1) is 9.82. The Hall–Kier alpha value is -2.72. The molecule has 76 valence electrons. The number of nitrogen functional groups attached to an aromatic ring is 2. The smallest absolute Gasteiger partial charge is 0.0998 e. The van der Waals surface area contributed by atoms with Crippen molar-refractivity contribution in [1.29, 1.82) is 10.5 Å². The summed E-state index contributed by atoms with van der Waals surface area (Å²) in [5.41, 5.74) is 13.2. The molecule has 0 fully saturated rings. The lowest BCUT2D eigenvalue weighted by Gasteiger charge is -2.06. The van der Waals surface area contributed by atoms with Crippen LogP contribution in [0, 0.1) is 22.7 Å². The molecule has 16 heavy (non-hydrogen) atoms. The first-order valence-electron chi connectivity index (χ1n) is 4.59. The first-order valence-corrected chi connectivity index (χ1v) is 4.59. The van der Waals surface area contributed by atoms with Crippen LogP contribution in [0.4, 0.5) is 11.4 Å². The monoisotopic (exact) mass is 208 g/mol. The molecule has 0 spiro atoms. The van der Waals surface area contributed by atoms with Gasteiger partial charge in [0.2, 0.25) is 0 Å². The fraction of sp³-hybridized carbons (Fsp3) is 0. The van der Waals surface area contributed by atoms with Crippen LogP contribution in [0.25, 0.3) is 10.8 Å². The third-order valence-corrected chi connectivity index (χ3v) is 2.46. The van der Waals surface area contributed by atoms with E-state index in [1.54, 1.807) is 24.3 Å². The van der Waals surface area contributed by atoms with Crippen LogP contribution in [0.15, 0.2) is 24.3 Å². The molecule has 0 aliphatic heterocycles. The van der Waals surface area contributed by atoms with Gasteiger partial charge in [-0.05, 0) is 24.3 Å². The minimum Gasteiger partial charge on any atom is -0.397 e. The van der Waals surface area contributed by atoms with Crippen LogP contribution in [-0.4, -0.2) is 0 Å². The van der Waals surface area contributed by atoms with E-state index in [0.717, 1.165) is 0 Å². The molecule has 4 N–H and O–H groups in total. The van der Waals surface area contributed by atoms with Crippen molar-refractivity contribution in [3.05, 3.63) is 35.4 Å². The predicted octanol–water partition coefficient (Wildman–Crippen LogP) is 1.75. The third kappa shape index (κ3) is 1.30. The maximum atomic E-state index is 8.95. The van der Waals surface area contributed by atoms with Gasteiger partial charge in [0.1, 0.15) is 0 Å². The van der Waals surface area contributed by atoms with Crippen molar-refractivity contribution < 1.29 is 0 Å². The molecule has 0 aliphatic carbocycles. The van der Waals surface area contributed by atoms with E-state index >= 15 is 0 Å². The van der Waals surface area contributed by atoms with E-state index in [9.17, 15) is 0 Å². The van der Waals surface area contributed by atoms with Gasteiger partial charge >= 0.3 is 0 Å². The number of fused-ring (bicyclic) bond motifs is 1. The molecule has 0 unspecified atom stereocenters. The van der Waals surface area contributed by atoms with Gasteiger partial charge in [-0.1, -0.05) is 0 Å². The topological polar surface area (TPSA) is 99.6 Å². The van der Waals surface area contributed by atoms with E-state index < -0.39 is 0 Å². The molecule has 0 heterocycles. The van der Waals surface area contributed by atoms with Gasteiger partial charge in [0.15, 0.2) is 0 Å². The SMILES string of the molecule is N#Cc1ccc(C#N)c2cc(N)c(N)cc12. The summed E-state index contributed by atoms with van der Waals surface area (Å²) >= 11 is 0. The van der Waals surface area contributed by atoms with Crippen molar-refractivity contribution in [1.82, 2.24) is 0 Å². The van der Waals surface area contributed by atoms with E-state index in [4.69, 9.17) is 22.0 Å². The summed E-state index contributed by atoms with van der Waals surface area (Å²) < 4.78 is 0. The highest BCUT2D eigenvalue weighted by Crippen LogP contribution is 2.28. The molecule has 0 saturated heterocycles. The highest BCUT2D eigenvalue weighted by Gasteiger charge is 2.07. The lowest BCUT2D eigenvalue weighted by atomic mass is 9.99. The van der Waals surface area contributed by atoms with Crippen molar-refractivity contribution in [3.8, 4) is 12.1 Å². The lowest BCUT2D eigenvalue weighted by molar-refractivity contribution is 1.48. The second-order valence-corrected chi connectivity index (χ2v) is 3.41. The molecule has 0 atom stereocenters. The minimum atomic E-state index is 0.416. The zero-order valence-corrected chi connectivity index (χ0v) is 8.36. The molecule has 0 amide bonds. The van der Waals surface area contributed by atoms with Crippen molar-refractivity contribution in [3.63, 3.8) is 0 Å². The number of rotatable bonds is 0. The zero-order chi connectivity index (χ0) is 11.7. The Balaban J connectivity index is 2.99. The van der Waals surface area contributed by atoms with Crippen LogP contribution in [0.1, 0.15) is 11.1 Å². The van der Waals surface area contributed by atoms with Crippen LogP contribution in [0.5, 0.6) is 0 Å². The average Bonchev–Trinajstić information content (AvgIpc) is 2.29. The summed E-state index contributed by atoms with van der Waals surface area (Å²) in [6.07, 6.45) is 0. The van der Waals surface area contributed by atoms with Crippen LogP contribution in [0.2, 0.25) is 0 Å². The zero-order valence-electron chi connectivity index (χ0n) is 8.36. The largest absolute Gasteiger partial charge is 0.397 e. The third-order valence-electron chi connectivity index (χ3n) is 2.46. The summed E-state index contributed by atoms with van der Waals surface area (Å²) in [5.74, 6) is 0. The summed E-state index contributed by atoms with van der Waals surface area (Å²) in [6, 6.07) is 10.6. The molecule has 4 nitrogen and oxygen atoms in total. The Morgan fingerprint density at radius 1 is 0.812 bits per heavy atom. The normalized spacial score (nSPS) is 9.62. The van der Waals surface area contributed by atoms with Crippen molar-refractivity contribution >= 4 is 22.1 Å². The summed E-state index contributed by atoms with van der Waals surface area (Å²) in [4.78, 5) is 0. The molecule has 2 aromatic carbocycles. The van der Waals surface area contributed by atoms with E-state index in [-0.39, 0.29) is 0 Å². The predicted molar refractivity (Wildman–Crippen MR) is 62.2 cm³/mol. The second kappa shape index (κ2) is 3.45. The highest BCUT2D eigenvalue weighted by molar-refractivity contribution is 5.97. The van der Waals surface area contributed by atoms with Crippen molar-refractivity contribution in [2.45, 2.75) is 0 Å². The van der Waals surface area contributed by atoms with Gasteiger partial charge in [-0.15, -0.1) is 0 Å². The number of nitriles is 2. The van der Waals surface area contributed by atoms with Gasteiger partial charge in [0, 0.05) is 10.8 Å². The van der Waals surface area contributed by atoms with Gasteiger partial charge in [-0.3, -0.25) is 0 Å². The molecule has 0 aliphatic rings. The standard InChI is InChI=1S/C12H8N4/c13-5-7-1-2-8(6-14)10-4-12(16)11(15)3-9(7)10/h1-4H,15-16H2. The van der Waals surface area contributed by atoms with E-state index in [0.29, 0.717) is 33.3 Å². The number of hydrogen-bond acceptors (Lipinski definition) is 4. The number of hydrogen-bond donors (Lipinski definition) is 2. The molecule has 4 heteroatoms. The summed E-state index contributed by atoms with van der Waals surface area (Å²) in [5, 5.41) is 19.2. The quantitative estimate of drug-likeness (QED) is 0.644. The lowest BCUT2D eigenvalue weighted by Crippen LogP contribution is -1.96. The Kier molecular flexibility index (Phi) is 2.12. The Morgan fingerprint density at radius 3 is 1.50 bits per heavy atom. The van der Waals surface area contributed by atoms with Gasteiger partial charge in [0.25, 0.3) is 0 Å². The molecular weight excluding hydrogens is 200 g/mol. The van der Waals surface area contributed by atoms with Gasteiger partial charge in [-0.2, -0.15) is 10.5 Å². The minimum absolute atomic E-state index is 0.416. The molecule has 0 aromatic heterocycles. The van der Waals surface area contributed by atoms with E-state index in [2.05, 4.69) is 12.1 Å². The van der Waals surface area contributed by atoms with Crippen LogP contribution < -0.4 is 11.5 Å². The molecule has 0 radical (unpaired) electrons. The summed E-state index contributed by atoms with van der Waals surface area (Å²) in [6.45, 7) is 0. The number of anilines is 2. The molecule has 0 bridgehead atoms. The van der Waals surface area contributed by atoms with E-state index in [1.165, 1.54) is 0 Å². The van der Waals surface area contributed by atoms with E-state index in [1.807, 2.05) is 0 Å². The maximum absolute atomic E-state index is 8.95. The van der Waals surface area contributed by atoms with Gasteiger partial charge in [0.05, 0.1) is 34.6 Å². The molecule has 2 aromatic rings. The Morgan fingerprint density at radius 2 is 1.19 bits per heavy atom. The number of nitrogens with zero attached hydrogens (tertiary/aromatic N) is 2. The number of nitrogens with two attached hydrogens (primary N) is 2.